The topological polar surface area (TPSA) is 35.5 Å². The van der Waals surface area contributed by atoms with E-state index in [4.69, 9.17) is 4.74 Å². The van der Waals surface area contributed by atoms with Crippen molar-refractivity contribution < 1.29 is 14.3 Å². The molecule has 0 aromatic carbocycles. The highest BCUT2D eigenvalue weighted by molar-refractivity contribution is 9.09. The highest BCUT2D eigenvalue weighted by Gasteiger charge is 2.32. The summed E-state index contributed by atoms with van der Waals surface area (Å²) in [5.74, 6) is -0.369. The fourth-order valence-electron chi connectivity index (χ4n) is 0.408. The van der Waals surface area contributed by atoms with Crippen molar-refractivity contribution in [1.82, 2.24) is 0 Å². The van der Waals surface area contributed by atoms with Crippen LogP contribution in [-0.2, 0) is 14.3 Å². The molecule has 0 radical (unpaired) electrons. The molecule has 0 amide bonds. The van der Waals surface area contributed by atoms with Gasteiger partial charge < -0.3 is 9.47 Å². The average molecular weight is 211 g/mol. The Labute approximate surface area is 68.8 Å². The van der Waals surface area contributed by atoms with E-state index in [1.165, 1.54) is 14.2 Å². The van der Waals surface area contributed by atoms with Crippen molar-refractivity contribution in [3.63, 3.8) is 0 Å². The van der Waals surface area contributed by atoms with E-state index in [9.17, 15) is 4.79 Å². The molecule has 60 valence electrons. The van der Waals surface area contributed by atoms with E-state index in [2.05, 4.69) is 20.7 Å². The number of hydrogen-bond acceptors (Lipinski definition) is 3. The fourth-order valence-corrected chi connectivity index (χ4v) is 0.866. The van der Waals surface area contributed by atoms with Gasteiger partial charge in [-0.3, -0.25) is 0 Å². The highest BCUT2D eigenvalue weighted by Crippen LogP contribution is 2.13. The van der Waals surface area contributed by atoms with Gasteiger partial charge in [0.15, 0.2) is 5.60 Å². The molecule has 0 aromatic heterocycles. The minimum Gasteiger partial charge on any atom is -0.467 e. The Morgan fingerprint density at radius 3 is 2.20 bits per heavy atom. The van der Waals surface area contributed by atoms with Gasteiger partial charge >= 0.3 is 5.97 Å². The normalized spacial score (nSPS) is 16.0. The van der Waals surface area contributed by atoms with Gasteiger partial charge in [-0.1, -0.05) is 15.9 Å². The number of hydrogen-bond donors (Lipinski definition) is 0. The number of halogens is 1. The Morgan fingerprint density at radius 1 is 1.60 bits per heavy atom. The van der Waals surface area contributed by atoms with Crippen LogP contribution in [0.3, 0.4) is 0 Å². The zero-order valence-corrected chi connectivity index (χ0v) is 7.90. The SMILES string of the molecule is COC(=O)[C@@](C)(CBr)OC. The predicted octanol–water partition coefficient (Wildman–Crippen LogP) is 0.959. The summed E-state index contributed by atoms with van der Waals surface area (Å²) in [4.78, 5) is 10.9. The molecule has 0 aliphatic heterocycles. The van der Waals surface area contributed by atoms with Crippen molar-refractivity contribution in [1.29, 1.82) is 0 Å². The second-order valence-electron chi connectivity index (χ2n) is 2.06. The van der Waals surface area contributed by atoms with Gasteiger partial charge in [0.25, 0.3) is 0 Å². The molecule has 1 atom stereocenters. The maximum atomic E-state index is 10.9. The quantitative estimate of drug-likeness (QED) is 0.515. The first-order chi connectivity index (χ1) is 4.60. The van der Waals surface area contributed by atoms with Gasteiger partial charge in [0.2, 0.25) is 0 Å². The number of carbonyl (C=O) groups is 1. The minimum absolute atomic E-state index is 0.369. The standard InChI is InChI=1S/C6H11BrO3/c1-6(4-7,10-3)5(8)9-2/h4H2,1-3H3/t6-/m1/s1. The molecule has 0 aliphatic rings. The molecule has 0 heterocycles. The van der Waals surface area contributed by atoms with Crippen LogP contribution < -0.4 is 0 Å². The van der Waals surface area contributed by atoms with Gasteiger partial charge in [0.05, 0.1) is 7.11 Å². The summed E-state index contributed by atoms with van der Waals surface area (Å²) in [7, 11) is 2.81. The van der Waals surface area contributed by atoms with Gasteiger partial charge in [-0.2, -0.15) is 0 Å². The third-order valence-corrected chi connectivity index (χ3v) is 2.39. The van der Waals surface area contributed by atoms with Gasteiger partial charge in [-0.05, 0) is 6.92 Å². The average Bonchev–Trinajstić information content (AvgIpc) is 2.01. The molecule has 0 unspecified atom stereocenters. The maximum Gasteiger partial charge on any atom is 0.338 e. The summed E-state index contributed by atoms with van der Waals surface area (Å²) >= 11 is 3.15. The van der Waals surface area contributed by atoms with Crippen LogP contribution in [0.4, 0.5) is 0 Å². The van der Waals surface area contributed by atoms with Gasteiger partial charge in [0, 0.05) is 12.4 Å². The Kier molecular flexibility index (Phi) is 3.89. The van der Waals surface area contributed by atoms with E-state index in [1.54, 1.807) is 6.92 Å². The molecule has 0 saturated carbocycles. The third-order valence-electron chi connectivity index (χ3n) is 1.32. The predicted molar refractivity (Wildman–Crippen MR) is 41.2 cm³/mol. The van der Waals surface area contributed by atoms with E-state index in [0.717, 1.165) is 0 Å². The summed E-state index contributed by atoms with van der Waals surface area (Å²) in [6.45, 7) is 1.66. The van der Waals surface area contributed by atoms with E-state index in [1.807, 2.05) is 0 Å². The number of alkyl halides is 1. The first kappa shape index (κ1) is 9.91. The molecule has 0 N–H and O–H groups in total. The van der Waals surface area contributed by atoms with E-state index < -0.39 is 5.60 Å². The molecule has 0 bridgehead atoms. The van der Waals surface area contributed by atoms with Crippen molar-refractivity contribution in [2.24, 2.45) is 0 Å². The zero-order valence-electron chi connectivity index (χ0n) is 6.31. The first-order valence-corrected chi connectivity index (χ1v) is 3.92. The lowest BCUT2D eigenvalue weighted by Crippen LogP contribution is -2.40. The summed E-state index contributed by atoms with van der Waals surface area (Å²) in [6.07, 6.45) is 0. The number of ether oxygens (including phenoxy) is 2. The first-order valence-electron chi connectivity index (χ1n) is 2.80. The lowest BCUT2D eigenvalue weighted by Gasteiger charge is -2.21. The van der Waals surface area contributed by atoms with Crippen LogP contribution in [0.25, 0.3) is 0 Å². The number of esters is 1. The van der Waals surface area contributed by atoms with Crippen molar-refractivity contribution in [3.05, 3.63) is 0 Å². The van der Waals surface area contributed by atoms with Crippen molar-refractivity contribution >= 4 is 21.9 Å². The van der Waals surface area contributed by atoms with Crippen LogP contribution in [0.5, 0.6) is 0 Å². The lowest BCUT2D eigenvalue weighted by molar-refractivity contribution is -0.160. The fraction of sp³-hybridized carbons (Fsp3) is 0.833. The van der Waals surface area contributed by atoms with E-state index in [0.29, 0.717) is 5.33 Å². The summed E-state index contributed by atoms with van der Waals surface area (Å²) < 4.78 is 9.42. The Bertz CT molecular complexity index is 120. The second kappa shape index (κ2) is 3.93. The lowest BCUT2D eigenvalue weighted by atomic mass is 10.1. The number of methoxy groups -OCH3 is 2. The van der Waals surface area contributed by atoms with Crippen LogP contribution in [0, 0.1) is 0 Å². The van der Waals surface area contributed by atoms with E-state index in [-0.39, 0.29) is 5.97 Å². The van der Waals surface area contributed by atoms with Crippen molar-refractivity contribution in [3.8, 4) is 0 Å². The summed E-state index contributed by atoms with van der Waals surface area (Å²) in [5, 5.41) is 0.434. The molecule has 3 nitrogen and oxygen atoms in total. The second-order valence-corrected chi connectivity index (χ2v) is 2.62. The van der Waals surface area contributed by atoms with Gasteiger partial charge in [0.1, 0.15) is 0 Å². The van der Waals surface area contributed by atoms with E-state index >= 15 is 0 Å². The maximum absolute atomic E-state index is 10.9. The molecule has 0 saturated heterocycles. The monoisotopic (exact) mass is 210 g/mol. The Morgan fingerprint density at radius 2 is 2.10 bits per heavy atom. The van der Waals surface area contributed by atoms with Crippen LogP contribution in [-0.4, -0.2) is 31.1 Å². The van der Waals surface area contributed by atoms with Crippen LogP contribution in [0.2, 0.25) is 0 Å². The van der Waals surface area contributed by atoms with Crippen LogP contribution in [0.15, 0.2) is 0 Å². The highest BCUT2D eigenvalue weighted by atomic mass is 79.9. The van der Waals surface area contributed by atoms with Crippen molar-refractivity contribution in [2.45, 2.75) is 12.5 Å². The smallest absolute Gasteiger partial charge is 0.338 e. The molecule has 10 heavy (non-hydrogen) atoms. The summed E-state index contributed by atoms with van der Waals surface area (Å²) in [6, 6.07) is 0. The Balaban J connectivity index is 4.17. The molecule has 4 heteroatoms. The van der Waals surface area contributed by atoms with Gasteiger partial charge in [-0.15, -0.1) is 0 Å². The molecule has 0 aromatic rings. The molecular formula is C6H11BrO3. The van der Waals surface area contributed by atoms with Crippen LogP contribution >= 0.6 is 15.9 Å². The third kappa shape index (κ3) is 1.95. The Hall–Kier alpha value is -0.0900. The molecular weight excluding hydrogens is 200 g/mol. The number of carbonyl (C=O) groups excluding carboxylic acids is 1. The number of rotatable bonds is 3. The molecule has 0 rings (SSSR count). The minimum atomic E-state index is -0.852. The molecule has 0 spiro atoms. The zero-order chi connectivity index (χ0) is 8.20. The largest absolute Gasteiger partial charge is 0.467 e. The summed E-state index contributed by atoms with van der Waals surface area (Å²) in [5.41, 5.74) is -0.852. The van der Waals surface area contributed by atoms with Crippen LogP contribution in [0.1, 0.15) is 6.92 Å². The van der Waals surface area contributed by atoms with Crippen molar-refractivity contribution in [2.75, 3.05) is 19.5 Å². The molecule has 0 aliphatic carbocycles. The van der Waals surface area contributed by atoms with Gasteiger partial charge in [-0.25, -0.2) is 4.79 Å². The molecule has 0 fully saturated rings.